The van der Waals surface area contributed by atoms with Gasteiger partial charge in [-0.2, -0.15) is 21.6 Å². The summed E-state index contributed by atoms with van der Waals surface area (Å²) >= 11 is 0. The van der Waals surface area contributed by atoms with Gasteiger partial charge in [-0.05, 0) is 94.4 Å². The Balaban J connectivity index is 1.87. The van der Waals surface area contributed by atoms with E-state index < -0.39 is 149 Å². The van der Waals surface area contributed by atoms with E-state index in [4.69, 9.17) is 41.8 Å². The zero-order valence-corrected chi connectivity index (χ0v) is 49.1. The molecule has 4 aliphatic rings. The number of alkyl halides is 3. The van der Waals surface area contributed by atoms with Crippen molar-refractivity contribution in [3.05, 3.63) is 46.6 Å². The highest BCUT2D eigenvalue weighted by Crippen LogP contribution is 2.65. The molecule has 2 saturated carbocycles. The van der Waals surface area contributed by atoms with Gasteiger partial charge in [0.05, 0.1) is 44.3 Å². The molecule has 1 saturated heterocycles. The molecule has 1 heterocycles. The molecule has 0 unspecified atom stereocenters. The first-order valence-electron chi connectivity index (χ1n) is 25.6. The Morgan fingerprint density at radius 1 is 0.935 bits per heavy atom. The highest BCUT2D eigenvalue weighted by Gasteiger charge is 2.79. The summed E-state index contributed by atoms with van der Waals surface area (Å²) in [7, 11) is -7.18. The van der Waals surface area contributed by atoms with E-state index in [-0.39, 0.29) is 44.8 Å². The first-order valence-corrected chi connectivity index (χ1v) is 29.1. The largest absolute Gasteiger partial charge is 0.523 e. The lowest BCUT2D eigenvalue weighted by Gasteiger charge is -2.67. The summed E-state index contributed by atoms with van der Waals surface area (Å²) in [5.41, 5.74) is -17.3. The number of nitrogens with one attached hydrogen (secondary N) is 1. The molecule has 3 aliphatic carbocycles. The molecule has 11 atom stereocenters. The molecule has 0 spiro atoms. The van der Waals surface area contributed by atoms with Crippen molar-refractivity contribution in [3.63, 3.8) is 0 Å². The van der Waals surface area contributed by atoms with Crippen molar-refractivity contribution in [2.75, 3.05) is 20.8 Å². The number of Topliss-reactive ketones (excluding diaryl/α,β-unsaturated/α-hetero) is 1. The number of ether oxygens (including phenoxy) is 7. The fraction of sp³-hybridized carbons (Fsp3) is 0.717. The highest BCUT2D eigenvalue weighted by molar-refractivity contribution is 7.87. The van der Waals surface area contributed by atoms with Gasteiger partial charge < -0.3 is 53.1 Å². The molecule has 3 N–H and O–H groups in total. The Labute approximate surface area is 450 Å². The Morgan fingerprint density at radius 3 is 1.99 bits per heavy atom. The summed E-state index contributed by atoms with van der Waals surface area (Å²) in [4.78, 5) is 73.3. The molecule has 434 valence electrons. The summed E-state index contributed by atoms with van der Waals surface area (Å²) in [6.07, 6.45) is -13.0. The number of fused-ring (bicyclic) bond motifs is 5. The van der Waals surface area contributed by atoms with E-state index in [0.29, 0.717) is 5.57 Å². The topological polar surface area (TPSA) is 255 Å². The summed E-state index contributed by atoms with van der Waals surface area (Å²) in [6.45, 7) is 25.8. The van der Waals surface area contributed by atoms with Crippen molar-refractivity contribution in [2.45, 2.75) is 205 Å². The fourth-order valence-corrected chi connectivity index (χ4v) is 18.8. The lowest BCUT2D eigenvalue weighted by atomic mass is 9.44. The third kappa shape index (κ3) is 11.4. The highest BCUT2D eigenvalue weighted by atomic mass is 32.2. The number of allylic oxidation sites excluding steroid dienone is 1. The third-order valence-electron chi connectivity index (χ3n) is 16.1. The number of ketones is 1. The molecule has 1 aromatic carbocycles. The van der Waals surface area contributed by atoms with Gasteiger partial charge in [-0.1, -0.05) is 67.0 Å². The van der Waals surface area contributed by atoms with Crippen molar-refractivity contribution < 1.29 is 97.5 Å². The van der Waals surface area contributed by atoms with E-state index in [1.165, 1.54) is 53.2 Å². The molecule has 3 fully saturated rings. The van der Waals surface area contributed by atoms with Crippen LogP contribution in [0.25, 0.3) is 0 Å². The number of amides is 1. The molecule has 0 radical (unpaired) electrons. The van der Waals surface area contributed by atoms with Crippen molar-refractivity contribution >= 4 is 48.2 Å². The Kier molecular flexibility index (Phi) is 18.2. The quantitative estimate of drug-likeness (QED) is 0.0334. The van der Waals surface area contributed by atoms with E-state index in [9.17, 15) is 41.4 Å². The number of aliphatic hydroxyl groups excluding tert-OH is 1. The SMILES string of the molecule is COc1ccc(OC)c(C(=O)O[C@H]2[C@@H]3[C@]4(OC(C)=O)CO[C@@H]4C[C@H](OS(=O)(=O)C(F)(F)F)[C@@]3(C)C(=O)[C@H](O)C3=C(C)[C@@H](OC(=O)[C@H](O[Si](C(C)C)(C(C)C)C(C)C)[C@H](C=C(C)C)NC(=O)OC(C)(C)C)C[C@]2(O)C3(C)C)c1. The maximum absolute atomic E-state index is 15.7. The van der Waals surface area contributed by atoms with Crippen LogP contribution >= 0.6 is 0 Å². The van der Waals surface area contributed by atoms with E-state index in [1.54, 1.807) is 40.7 Å². The van der Waals surface area contributed by atoms with Crippen LogP contribution < -0.4 is 14.8 Å². The average molecular weight is 1130 g/mol. The van der Waals surface area contributed by atoms with E-state index in [2.05, 4.69) is 5.32 Å². The number of hydrogen-bond acceptors (Lipinski definition) is 18. The molecule has 0 aromatic heterocycles. The summed E-state index contributed by atoms with van der Waals surface area (Å²) in [6, 6.07) is 2.76. The number of aliphatic hydroxyl groups is 2. The molecular formula is C53H78F3NO18SSi. The molecular weight excluding hydrogens is 1060 g/mol. The van der Waals surface area contributed by atoms with E-state index in [0.717, 1.165) is 13.8 Å². The molecule has 24 heteroatoms. The number of benzene rings is 1. The van der Waals surface area contributed by atoms with Crippen LogP contribution in [0, 0.1) is 16.7 Å². The van der Waals surface area contributed by atoms with Gasteiger partial charge in [0.1, 0.15) is 52.7 Å². The zero-order valence-electron chi connectivity index (χ0n) is 47.3. The van der Waals surface area contributed by atoms with Crippen molar-refractivity contribution in [3.8, 4) is 11.5 Å². The van der Waals surface area contributed by atoms with Gasteiger partial charge in [0, 0.05) is 25.2 Å². The van der Waals surface area contributed by atoms with Gasteiger partial charge in [0.2, 0.25) is 8.32 Å². The smallest absolute Gasteiger partial charge is 0.497 e. The summed E-state index contributed by atoms with van der Waals surface area (Å²) in [5.74, 6) is -6.93. The Morgan fingerprint density at radius 2 is 1.52 bits per heavy atom. The number of esters is 3. The maximum atomic E-state index is 15.7. The van der Waals surface area contributed by atoms with Gasteiger partial charge >= 0.3 is 39.6 Å². The molecule has 1 aliphatic heterocycles. The Hall–Kier alpha value is -4.59. The first kappa shape index (κ1) is 63.2. The lowest BCUT2D eigenvalue weighted by molar-refractivity contribution is -0.344. The second kappa shape index (κ2) is 22.2. The molecule has 1 amide bonds. The molecule has 77 heavy (non-hydrogen) atoms. The number of hydrogen-bond donors (Lipinski definition) is 3. The standard InChI is InChI=1S/C53H78F3NO18SSi/c1-26(2)21-34(57-47(63)73-48(11,12)13)41(75-77(27(3)4,28(5)6)29(7)8)46(62)70-36-24-52(64)44(71-45(61)33-22-32(67-17)19-20-35(33)68-18)42-50(16,43(60)40(59)39(30(36)9)49(52,14)15)37(74-76(65,66)53(54,55)56)23-38-51(42,25-69-38)72-31(10)58/h19-22,27-29,34,36-38,40-42,44,59,64H,23-25H2,1-18H3,(H,57,63)/t34-,36-,37-,38+,40+,41+,42-,44-,50+,51-,52+/m0/s1. The number of halogens is 3. The van der Waals surface area contributed by atoms with Crippen LogP contribution in [-0.4, -0.2) is 143 Å². The summed E-state index contributed by atoms with van der Waals surface area (Å²) < 4.78 is 123. The molecule has 1 aromatic rings. The van der Waals surface area contributed by atoms with Crippen LogP contribution in [0.2, 0.25) is 16.6 Å². The molecule has 19 nitrogen and oxygen atoms in total. The number of carbonyl (C=O) groups excluding carboxylic acids is 5. The predicted octanol–water partition coefficient (Wildman–Crippen LogP) is 7.94. The zero-order chi connectivity index (χ0) is 58.7. The van der Waals surface area contributed by atoms with Crippen LogP contribution in [-0.2, 0) is 56.8 Å². The maximum Gasteiger partial charge on any atom is 0.523 e. The third-order valence-corrected chi connectivity index (χ3v) is 23.2. The number of rotatable bonds is 17. The first-order chi connectivity index (χ1) is 35.1. The van der Waals surface area contributed by atoms with Crippen LogP contribution in [0.1, 0.15) is 134 Å². The van der Waals surface area contributed by atoms with Gasteiger partial charge in [0.15, 0.2) is 17.5 Å². The van der Waals surface area contributed by atoms with Crippen LogP contribution in [0.3, 0.4) is 0 Å². The van der Waals surface area contributed by atoms with Gasteiger partial charge in [-0.3, -0.25) is 13.8 Å². The van der Waals surface area contributed by atoms with Gasteiger partial charge in [0.25, 0.3) is 0 Å². The van der Waals surface area contributed by atoms with Crippen molar-refractivity contribution in [1.82, 2.24) is 5.32 Å². The predicted molar refractivity (Wildman–Crippen MR) is 274 cm³/mol. The van der Waals surface area contributed by atoms with Crippen LogP contribution in [0.15, 0.2) is 41.0 Å². The summed E-state index contributed by atoms with van der Waals surface area (Å²) in [5, 5.41) is 29.6. The number of alkyl carbamates (subject to hydrolysis) is 1. The number of methoxy groups -OCH3 is 2. The van der Waals surface area contributed by atoms with Crippen molar-refractivity contribution in [1.29, 1.82) is 0 Å². The average Bonchev–Trinajstić information content (AvgIpc) is 3.27. The van der Waals surface area contributed by atoms with Crippen LogP contribution in [0.4, 0.5) is 18.0 Å². The normalized spacial score (nSPS) is 29.1. The lowest BCUT2D eigenvalue weighted by Crippen LogP contribution is -2.82. The van der Waals surface area contributed by atoms with Crippen LogP contribution in [0.5, 0.6) is 11.5 Å². The Bertz CT molecular complexity index is 2600. The minimum atomic E-state index is -6.58. The minimum absolute atomic E-state index is 0.0380. The molecule has 5 rings (SSSR count). The minimum Gasteiger partial charge on any atom is -0.497 e. The van der Waals surface area contributed by atoms with E-state index in [1.807, 2.05) is 41.5 Å². The van der Waals surface area contributed by atoms with Crippen molar-refractivity contribution in [2.24, 2.45) is 16.7 Å². The number of carbonyl (C=O) groups is 5. The van der Waals surface area contributed by atoms with Gasteiger partial charge in [-0.15, -0.1) is 0 Å². The monoisotopic (exact) mass is 1130 g/mol. The van der Waals surface area contributed by atoms with E-state index >= 15 is 14.4 Å². The molecule has 2 bridgehead atoms. The van der Waals surface area contributed by atoms with Gasteiger partial charge in [-0.25, -0.2) is 14.4 Å². The fourth-order valence-electron chi connectivity index (χ4n) is 12.6. The second-order valence-corrected chi connectivity index (χ2v) is 30.5. The second-order valence-electron chi connectivity index (χ2n) is 23.5.